The van der Waals surface area contributed by atoms with E-state index in [0.29, 0.717) is 17.9 Å². The van der Waals surface area contributed by atoms with E-state index in [1.807, 2.05) is 26.8 Å². The molecule has 0 aliphatic heterocycles. The van der Waals surface area contributed by atoms with Crippen molar-refractivity contribution in [2.24, 2.45) is 5.92 Å². The second-order valence-electron chi connectivity index (χ2n) is 4.35. The summed E-state index contributed by atoms with van der Waals surface area (Å²) in [6, 6.07) is 7.06. The minimum absolute atomic E-state index is 0.0215. The van der Waals surface area contributed by atoms with Crippen LogP contribution >= 0.6 is 0 Å². The van der Waals surface area contributed by atoms with Gasteiger partial charge in [-0.15, -0.1) is 0 Å². The number of rotatable bonds is 6. The number of nitrogens with one attached hydrogen (secondary N) is 1. The standard InChI is InChI=1S/C14H21NO3/c1-4-18-13-8-6-5-7-12(13)14(17)15-11(3)10(2)9-16/h5-8,10-11,16H,4,9H2,1-3H3,(H,15,17)/t10-,11-/m0/s1. The monoisotopic (exact) mass is 251 g/mol. The van der Waals surface area contributed by atoms with Gasteiger partial charge in [0.05, 0.1) is 12.2 Å². The zero-order valence-electron chi connectivity index (χ0n) is 11.1. The largest absolute Gasteiger partial charge is 0.493 e. The maximum absolute atomic E-state index is 12.1. The van der Waals surface area contributed by atoms with Crippen LogP contribution in [0.2, 0.25) is 0 Å². The van der Waals surface area contributed by atoms with E-state index in [1.54, 1.807) is 18.2 Å². The van der Waals surface area contributed by atoms with Gasteiger partial charge in [0, 0.05) is 12.6 Å². The molecule has 2 atom stereocenters. The van der Waals surface area contributed by atoms with Gasteiger partial charge in [-0.2, -0.15) is 0 Å². The zero-order valence-corrected chi connectivity index (χ0v) is 11.1. The first-order chi connectivity index (χ1) is 8.60. The highest BCUT2D eigenvalue weighted by Crippen LogP contribution is 2.18. The predicted octanol–water partition coefficient (Wildman–Crippen LogP) is 1.83. The van der Waals surface area contributed by atoms with E-state index in [2.05, 4.69) is 5.32 Å². The molecule has 2 N–H and O–H groups in total. The lowest BCUT2D eigenvalue weighted by Gasteiger charge is -2.20. The molecule has 4 heteroatoms. The Hall–Kier alpha value is -1.55. The number of aliphatic hydroxyl groups is 1. The zero-order chi connectivity index (χ0) is 13.5. The Morgan fingerprint density at radius 2 is 2.06 bits per heavy atom. The molecule has 0 unspecified atom stereocenters. The van der Waals surface area contributed by atoms with Crippen molar-refractivity contribution in [2.45, 2.75) is 26.8 Å². The number of aliphatic hydroxyl groups excluding tert-OH is 1. The molecule has 100 valence electrons. The smallest absolute Gasteiger partial charge is 0.255 e. The number of hydrogen-bond donors (Lipinski definition) is 2. The number of hydrogen-bond acceptors (Lipinski definition) is 3. The van der Waals surface area contributed by atoms with Gasteiger partial charge < -0.3 is 15.2 Å². The Morgan fingerprint density at radius 1 is 1.39 bits per heavy atom. The van der Waals surface area contributed by atoms with Crippen molar-refractivity contribution in [2.75, 3.05) is 13.2 Å². The van der Waals surface area contributed by atoms with Gasteiger partial charge in [-0.3, -0.25) is 4.79 Å². The first-order valence-electron chi connectivity index (χ1n) is 6.23. The quantitative estimate of drug-likeness (QED) is 0.811. The van der Waals surface area contributed by atoms with Crippen molar-refractivity contribution in [1.82, 2.24) is 5.32 Å². The van der Waals surface area contributed by atoms with Gasteiger partial charge >= 0.3 is 0 Å². The maximum atomic E-state index is 12.1. The molecule has 18 heavy (non-hydrogen) atoms. The third kappa shape index (κ3) is 3.74. The number of benzene rings is 1. The molecule has 0 saturated carbocycles. The van der Waals surface area contributed by atoms with Crippen molar-refractivity contribution in [3.8, 4) is 5.75 Å². The third-order valence-electron chi connectivity index (χ3n) is 2.93. The summed E-state index contributed by atoms with van der Waals surface area (Å²) in [4.78, 5) is 12.1. The first-order valence-corrected chi connectivity index (χ1v) is 6.23. The molecule has 4 nitrogen and oxygen atoms in total. The normalized spacial score (nSPS) is 13.8. The lowest BCUT2D eigenvalue weighted by Crippen LogP contribution is -2.38. The summed E-state index contributed by atoms with van der Waals surface area (Å²) in [5, 5.41) is 11.9. The second-order valence-corrected chi connectivity index (χ2v) is 4.35. The SMILES string of the molecule is CCOc1ccccc1C(=O)N[C@@H](C)[C@@H](C)CO. The topological polar surface area (TPSA) is 58.6 Å². The van der Waals surface area contributed by atoms with E-state index in [0.717, 1.165) is 0 Å². The van der Waals surface area contributed by atoms with Crippen LogP contribution < -0.4 is 10.1 Å². The van der Waals surface area contributed by atoms with Crippen molar-refractivity contribution in [3.63, 3.8) is 0 Å². The van der Waals surface area contributed by atoms with E-state index >= 15 is 0 Å². The van der Waals surface area contributed by atoms with Crippen molar-refractivity contribution in [3.05, 3.63) is 29.8 Å². The van der Waals surface area contributed by atoms with E-state index in [-0.39, 0.29) is 24.5 Å². The maximum Gasteiger partial charge on any atom is 0.255 e. The summed E-state index contributed by atoms with van der Waals surface area (Å²) >= 11 is 0. The highest BCUT2D eigenvalue weighted by molar-refractivity contribution is 5.97. The Kier molecular flexibility index (Phi) is 5.65. The fourth-order valence-corrected chi connectivity index (χ4v) is 1.52. The molecule has 0 saturated heterocycles. The molecule has 0 aliphatic rings. The number of para-hydroxylation sites is 1. The molecule has 0 heterocycles. The average Bonchev–Trinajstić information content (AvgIpc) is 2.38. The highest BCUT2D eigenvalue weighted by atomic mass is 16.5. The molecule has 0 fully saturated rings. The summed E-state index contributed by atoms with van der Waals surface area (Å²) in [5.74, 6) is 0.432. The van der Waals surface area contributed by atoms with Crippen LogP contribution in [-0.4, -0.2) is 30.3 Å². The summed E-state index contributed by atoms with van der Waals surface area (Å²) in [6.07, 6.45) is 0. The van der Waals surface area contributed by atoms with Gasteiger partial charge in [-0.05, 0) is 31.9 Å². The molecular formula is C14H21NO3. The molecule has 0 bridgehead atoms. The predicted molar refractivity (Wildman–Crippen MR) is 70.8 cm³/mol. The number of carbonyl (C=O) groups is 1. The van der Waals surface area contributed by atoms with Gasteiger partial charge in [-0.25, -0.2) is 0 Å². The van der Waals surface area contributed by atoms with Crippen molar-refractivity contribution < 1.29 is 14.6 Å². The van der Waals surface area contributed by atoms with Crippen molar-refractivity contribution >= 4 is 5.91 Å². The van der Waals surface area contributed by atoms with Crippen LogP contribution in [0.3, 0.4) is 0 Å². The fraction of sp³-hybridized carbons (Fsp3) is 0.500. The Bertz CT molecular complexity index is 392. The molecule has 0 spiro atoms. The number of amides is 1. The van der Waals surface area contributed by atoms with Crippen LogP contribution in [0.4, 0.5) is 0 Å². The molecule has 0 aromatic heterocycles. The van der Waals surface area contributed by atoms with Gasteiger partial charge in [0.25, 0.3) is 5.91 Å². The Labute approximate surface area is 108 Å². The molecule has 1 rings (SSSR count). The molecule has 0 radical (unpaired) electrons. The number of carbonyl (C=O) groups excluding carboxylic acids is 1. The summed E-state index contributed by atoms with van der Waals surface area (Å²) in [6.45, 7) is 6.22. The van der Waals surface area contributed by atoms with Gasteiger partial charge in [0.15, 0.2) is 0 Å². The molecule has 1 aromatic carbocycles. The van der Waals surface area contributed by atoms with Crippen LogP contribution in [0.25, 0.3) is 0 Å². The highest BCUT2D eigenvalue weighted by Gasteiger charge is 2.17. The Morgan fingerprint density at radius 3 is 2.67 bits per heavy atom. The van der Waals surface area contributed by atoms with E-state index in [4.69, 9.17) is 9.84 Å². The average molecular weight is 251 g/mol. The van der Waals surface area contributed by atoms with Gasteiger partial charge in [0.2, 0.25) is 0 Å². The van der Waals surface area contributed by atoms with Crippen LogP contribution in [0.15, 0.2) is 24.3 Å². The van der Waals surface area contributed by atoms with Crippen LogP contribution in [0, 0.1) is 5.92 Å². The molecule has 1 amide bonds. The molecule has 1 aromatic rings. The molecular weight excluding hydrogens is 230 g/mol. The van der Waals surface area contributed by atoms with Crippen LogP contribution in [0.1, 0.15) is 31.1 Å². The summed E-state index contributed by atoms with van der Waals surface area (Å²) < 4.78 is 5.42. The third-order valence-corrected chi connectivity index (χ3v) is 2.93. The van der Waals surface area contributed by atoms with E-state index < -0.39 is 0 Å². The second kappa shape index (κ2) is 7.01. The Balaban J connectivity index is 2.77. The van der Waals surface area contributed by atoms with Crippen molar-refractivity contribution in [1.29, 1.82) is 0 Å². The van der Waals surface area contributed by atoms with Gasteiger partial charge in [0.1, 0.15) is 5.75 Å². The lowest BCUT2D eigenvalue weighted by molar-refractivity contribution is 0.0912. The van der Waals surface area contributed by atoms with Gasteiger partial charge in [-0.1, -0.05) is 19.1 Å². The minimum atomic E-state index is -0.174. The summed E-state index contributed by atoms with van der Waals surface area (Å²) in [5.41, 5.74) is 0.524. The van der Waals surface area contributed by atoms with E-state index in [1.165, 1.54) is 0 Å². The molecule has 0 aliphatic carbocycles. The summed E-state index contributed by atoms with van der Waals surface area (Å²) in [7, 11) is 0. The lowest BCUT2D eigenvalue weighted by atomic mass is 10.0. The minimum Gasteiger partial charge on any atom is -0.493 e. The number of ether oxygens (including phenoxy) is 1. The fourth-order valence-electron chi connectivity index (χ4n) is 1.52. The van der Waals surface area contributed by atoms with E-state index in [9.17, 15) is 4.79 Å². The first kappa shape index (κ1) is 14.5. The van der Waals surface area contributed by atoms with Crippen LogP contribution in [0.5, 0.6) is 5.75 Å². The van der Waals surface area contributed by atoms with Crippen LogP contribution in [-0.2, 0) is 0 Å².